The van der Waals surface area contributed by atoms with Crippen molar-refractivity contribution in [2.24, 2.45) is 0 Å². The second-order valence-electron chi connectivity index (χ2n) is 0.448. The van der Waals surface area contributed by atoms with Crippen LogP contribution < -0.4 is 51.4 Å². The molecule has 0 fully saturated rings. The van der Waals surface area contributed by atoms with Gasteiger partial charge < -0.3 is 1.43 Å². The van der Waals surface area contributed by atoms with Gasteiger partial charge in [0.1, 0.15) is 0 Å². The van der Waals surface area contributed by atoms with Crippen LogP contribution in [0.3, 0.4) is 0 Å². The second kappa shape index (κ2) is 6.55. The third kappa shape index (κ3) is 59.1. The van der Waals surface area contributed by atoms with E-state index in [9.17, 15) is 0 Å². The van der Waals surface area contributed by atoms with E-state index in [1.165, 1.54) is 0 Å². The Hall–Kier alpha value is 2.43. The Morgan fingerprint density at radius 2 is 1.29 bits per heavy atom. The summed E-state index contributed by atoms with van der Waals surface area (Å²) in [6.07, 6.45) is 0. The van der Waals surface area contributed by atoms with Crippen molar-refractivity contribution < 1.29 is 70.3 Å². The molecule has 0 atom stereocenters. The first-order valence-corrected chi connectivity index (χ1v) is 2.10. The zero-order valence-electron chi connectivity index (χ0n) is 4.83. The molecule has 0 bridgehead atoms. The fraction of sp³-hybridized carbons (Fsp3) is 0. The van der Waals surface area contributed by atoms with Crippen LogP contribution in [-0.2, 0) is 10.4 Å². The Balaban J connectivity index is -0.0000000267. The van der Waals surface area contributed by atoms with Gasteiger partial charge in [0.2, 0.25) is 0 Å². The molecular formula is H5KO4PbS. The average Bonchev–Trinajstić information content (AvgIpc) is 0.722. The van der Waals surface area contributed by atoms with Crippen molar-refractivity contribution in [2.75, 3.05) is 0 Å². The van der Waals surface area contributed by atoms with Crippen LogP contribution in [0.4, 0.5) is 0 Å². The Morgan fingerprint density at radius 3 is 1.29 bits per heavy atom. The van der Waals surface area contributed by atoms with Gasteiger partial charge in [-0.3, -0.25) is 9.11 Å². The third-order valence-corrected chi connectivity index (χ3v) is 0. The Morgan fingerprint density at radius 1 is 1.29 bits per heavy atom. The molecule has 0 amide bonds. The van der Waals surface area contributed by atoms with Crippen molar-refractivity contribution in [3.8, 4) is 0 Å². The molecule has 0 aromatic heterocycles. The van der Waals surface area contributed by atoms with Crippen LogP contribution in [0.1, 0.15) is 1.43 Å². The monoisotopic (exact) mass is 348 g/mol. The number of rotatable bonds is 0. The maximum absolute atomic E-state index is 8.74. The first kappa shape index (κ1) is 16.2. The molecule has 0 aliphatic heterocycles. The van der Waals surface area contributed by atoms with E-state index in [4.69, 9.17) is 17.5 Å². The average molecular weight is 347 g/mol. The molecule has 0 aromatic rings. The van der Waals surface area contributed by atoms with Gasteiger partial charge in [0.25, 0.3) is 0 Å². The maximum atomic E-state index is 8.74. The van der Waals surface area contributed by atoms with Gasteiger partial charge in [0.05, 0.1) is 0 Å². The molecule has 0 aromatic carbocycles. The molecule has 0 saturated carbocycles. The quantitative estimate of drug-likeness (QED) is 0.343. The fourth-order valence-corrected chi connectivity index (χ4v) is 0. The van der Waals surface area contributed by atoms with Gasteiger partial charge >= 0.3 is 89.1 Å². The van der Waals surface area contributed by atoms with Gasteiger partial charge in [0.15, 0.2) is 0 Å². The Kier molecular flexibility index (Phi) is 15.2. The van der Waals surface area contributed by atoms with Gasteiger partial charge in [-0.25, -0.2) is 0 Å². The zero-order valence-corrected chi connectivity index (χ0v) is 13.3. The van der Waals surface area contributed by atoms with Crippen LogP contribution in [0.5, 0.6) is 0 Å². The van der Waals surface area contributed by atoms with Crippen LogP contribution in [0.15, 0.2) is 0 Å². The normalized spacial score (nSPS) is 8.29. The van der Waals surface area contributed by atoms with Crippen LogP contribution in [0.25, 0.3) is 0 Å². The minimum atomic E-state index is -4.67. The first-order chi connectivity index (χ1) is 2.00. The van der Waals surface area contributed by atoms with Gasteiger partial charge in [0, 0.05) is 0 Å². The first-order valence-electron chi connectivity index (χ1n) is 0.698. The van der Waals surface area contributed by atoms with Crippen molar-refractivity contribution in [3.05, 3.63) is 0 Å². The molecule has 7 heavy (non-hydrogen) atoms. The summed E-state index contributed by atoms with van der Waals surface area (Å²) in [7, 11) is -4.67. The standard InChI is InChI=1S/K.H2O4S.Pb.3H/c;1-5(2,3)4;;;;/h;(H2,1,2,3,4);;;;/q+1;;;;;-1. The number of hydrogen-bond donors (Lipinski definition) is 2. The summed E-state index contributed by atoms with van der Waals surface area (Å²) in [5.74, 6) is 0. The van der Waals surface area contributed by atoms with E-state index in [0.717, 1.165) is 0 Å². The molecule has 0 spiro atoms. The molecule has 0 rings (SSSR count). The predicted octanol–water partition coefficient (Wildman–Crippen LogP) is -4.45. The summed E-state index contributed by atoms with van der Waals surface area (Å²) >= 11 is 0. The summed E-state index contributed by atoms with van der Waals surface area (Å²) < 4.78 is 31.6. The summed E-state index contributed by atoms with van der Waals surface area (Å²) in [5, 5.41) is 0. The van der Waals surface area contributed by atoms with E-state index in [1.807, 2.05) is 0 Å². The molecule has 0 heterocycles. The van der Waals surface area contributed by atoms with E-state index in [1.54, 1.807) is 0 Å². The molecule has 7 heteroatoms. The Bertz CT molecular complexity index is 99.2. The molecule has 2 N–H and O–H groups in total. The van der Waals surface area contributed by atoms with Gasteiger partial charge in [-0.1, -0.05) is 0 Å². The molecule has 0 aliphatic carbocycles. The summed E-state index contributed by atoms with van der Waals surface area (Å²) in [6.45, 7) is 0. The molecule has 40 valence electrons. The molecule has 2 radical (unpaired) electrons. The topological polar surface area (TPSA) is 74.6 Å². The van der Waals surface area contributed by atoms with Crippen molar-refractivity contribution in [3.63, 3.8) is 0 Å². The Labute approximate surface area is 106 Å². The van der Waals surface area contributed by atoms with Gasteiger partial charge in [-0.05, 0) is 0 Å². The molecule has 0 unspecified atom stereocenters. The van der Waals surface area contributed by atoms with E-state index < -0.39 is 10.4 Å². The summed E-state index contributed by atoms with van der Waals surface area (Å²) in [4.78, 5) is 0. The van der Waals surface area contributed by atoms with Gasteiger partial charge in [-0.15, -0.1) is 0 Å². The van der Waals surface area contributed by atoms with E-state index >= 15 is 0 Å². The fourth-order valence-electron chi connectivity index (χ4n) is 0. The zero-order chi connectivity index (χ0) is 4.50. The molecule has 0 aliphatic rings. The van der Waals surface area contributed by atoms with E-state index in [-0.39, 0.29) is 80.1 Å². The molecule has 4 nitrogen and oxygen atoms in total. The predicted molar refractivity (Wildman–Crippen MR) is 23.8 cm³/mol. The van der Waals surface area contributed by atoms with Crippen LogP contribution >= 0.6 is 0 Å². The van der Waals surface area contributed by atoms with Crippen molar-refractivity contribution in [1.82, 2.24) is 0 Å². The van der Waals surface area contributed by atoms with Crippen LogP contribution in [-0.4, -0.2) is 44.8 Å². The third-order valence-electron chi connectivity index (χ3n) is 0. The van der Waals surface area contributed by atoms with Crippen molar-refractivity contribution >= 4 is 37.7 Å². The second-order valence-corrected chi connectivity index (χ2v) is 1.34. The minimum absolute atomic E-state index is 0. The van der Waals surface area contributed by atoms with E-state index in [2.05, 4.69) is 0 Å². The van der Waals surface area contributed by atoms with Crippen LogP contribution in [0.2, 0.25) is 0 Å². The van der Waals surface area contributed by atoms with Crippen LogP contribution in [0, 0.1) is 0 Å². The molecular weight excluding hydrogens is 342 g/mol. The number of hydrogen-bond acceptors (Lipinski definition) is 2. The van der Waals surface area contributed by atoms with Crippen molar-refractivity contribution in [1.29, 1.82) is 0 Å². The summed E-state index contributed by atoms with van der Waals surface area (Å²) in [5.41, 5.74) is 0. The van der Waals surface area contributed by atoms with Gasteiger partial charge in [-0.2, -0.15) is 8.42 Å². The SMILES string of the molecule is O=S(=O)(O)O.[H-].[K+].[PbH2]. The summed E-state index contributed by atoms with van der Waals surface area (Å²) in [6, 6.07) is 0. The van der Waals surface area contributed by atoms with Crippen molar-refractivity contribution in [2.45, 2.75) is 0 Å². The van der Waals surface area contributed by atoms with E-state index in [0.29, 0.717) is 0 Å². The molecule has 0 saturated heterocycles.